The van der Waals surface area contributed by atoms with E-state index in [-0.39, 0.29) is 9.90 Å². The molecule has 1 amide bonds. The number of sulfonamides is 1. The van der Waals surface area contributed by atoms with Gasteiger partial charge in [0.25, 0.3) is 10.0 Å². The van der Waals surface area contributed by atoms with Crippen LogP contribution in [0.3, 0.4) is 0 Å². The number of hydrogen-bond acceptors (Lipinski definition) is 6. The third kappa shape index (κ3) is 4.39. The molecule has 1 aliphatic carbocycles. The van der Waals surface area contributed by atoms with Crippen LogP contribution in [0.1, 0.15) is 48.5 Å². The number of nitrogens with one attached hydrogen (secondary N) is 1. The molecule has 0 atom stereocenters. The molecule has 30 heavy (non-hydrogen) atoms. The fourth-order valence-corrected chi connectivity index (χ4v) is 5.83. The molecule has 0 unspecified atom stereocenters. The van der Waals surface area contributed by atoms with Gasteiger partial charge in [-0.25, -0.2) is 27.9 Å². The van der Waals surface area contributed by atoms with E-state index >= 15 is 0 Å². The van der Waals surface area contributed by atoms with E-state index in [9.17, 15) is 13.2 Å². The molecule has 10 heteroatoms. The molecule has 158 valence electrons. The molecule has 0 aliphatic heterocycles. The number of aromatic nitrogens is 3. The van der Waals surface area contributed by atoms with Crippen molar-refractivity contribution < 1.29 is 18.3 Å². The minimum atomic E-state index is -4.20. The molecule has 8 nitrogen and oxygen atoms in total. The molecule has 3 aromatic rings. The van der Waals surface area contributed by atoms with Crippen molar-refractivity contribution in [2.45, 2.75) is 49.3 Å². The highest BCUT2D eigenvalue weighted by Gasteiger charge is 2.28. The maximum atomic E-state index is 12.5. The summed E-state index contributed by atoms with van der Waals surface area (Å²) in [5.41, 5.74) is 1.98. The van der Waals surface area contributed by atoms with Crippen molar-refractivity contribution in [3.8, 4) is 11.3 Å². The summed E-state index contributed by atoms with van der Waals surface area (Å²) in [5.74, 6) is 1.66. The Bertz CT molecular complexity index is 1160. The Hall–Kier alpha value is -2.72. The van der Waals surface area contributed by atoms with Crippen LogP contribution in [-0.4, -0.2) is 34.2 Å². The highest BCUT2D eigenvalue weighted by molar-refractivity contribution is 7.92. The van der Waals surface area contributed by atoms with Crippen LogP contribution in [0.2, 0.25) is 0 Å². The number of thiazole rings is 1. The van der Waals surface area contributed by atoms with Crippen LogP contribution in [0, 0.1) is 0 Å². The number of amides is 1. The molecule has 0 radical (unpaired) electrons. The average Bonchev–Trinajstić information content (AvgIpc) is 3.26. The standard InChI is InChI=1S/C20H22N4O4S2/c1-2-3-16-22-17(19(29-16)30(27,28)23-20(25)26)14-6-4-13(5-7-14)12-24-11-10-21-18(24)15-8-9-15/h4-7,10-11,15,23H,2-3,8-9,12H2,1H3,(H,25,26). The van der Waals surface area contributed by atoms with Crippen molar-refractivity contribution in [1.82, 2.24) is 19.3 Å². The van der Waals surface area contributed by atoms with E-state index < -0.39 is 16.1 Å². The van der Waals surface area contributed by atoms with E-state index in [2.05, 4.69) is 14.5 Å². The Balaban J connectivity index is 1.63. The first-order chi connectivity index (χ1) is 14.4. The van der Waals surface area contributed by atoms with Crippen LogP contribution < -0.4 is 4.72 Å². The van der Waals surface area contributed by atoms with E-state index in [0.717, 1.165) is 29.1 Å². The summed E-state index contributed by atoms with van der Waals surface area (Å²) in [7, 11) is -4.20. The number of carbonyl (C=O) groups is 1. The largest absolute Gasteiger partial charge is 0.464 e. The zero-order chi connectivity index (χ0) is 21.3. The molecule has 1 aromatic carbocycles. The normalized spacial score (nSPS) is 14.0. The van der Waals surface area contributed by atoms with Crippen molar-refractivity contribution in [3.05, 3.63) is 53.1 Å². The predicted molar refractivity (Wildman–Crippen MR) is 113 cm³/mol. The third-order valence-corrected chi connectivity index (χ3v) is 7.78. The number of benzene rings is 1. The Kier molecular flexibility index (Phi) is 5.61. The summed E-state index contributed by atoms with van der Waals surface area (Å²) in [4.78, 5) is 19.9. The summed E-state index contributed by atoms with van der Waals surface area (Å²) in [5, 5.41) is 9.56. The fraction of sp³-hybridized carbons (Fsp3) is 0.350. The highest BCUT2D eigenvalue weighted by atomic mass is 32.2. The van der Waals surface area contributed by atoms with E-state index in [1.807, 2.05) is 43.6 Å². The van der Waals surface area contributed by atoms with Crippen LogP contribution >= 0.6 is 11.3 Å². The van der Waals surface area contributed by atoms with Gasteiger partial charge in [-0.1, -0.05) is 31.2 Å². The van der Waals surface area contributed by atoms with Gasteiger partial charge in [-0.15, -0.1) is 11.3 Å². The first-order valence-electron chi connectivity index (χ1n) is 9.73. The Morgan fingerprint density at radius 2 is 2.03 bits per heavy atom. The zero-order valence-electron chi connectivity index (χ0n) is 16.4. The minimum Gasteiger partial charge on any atom is -0.464 e. The van der Waals surface area contributed by atoms with E-state index in [1.165, 1.54) is 12.8 Å². The molecule has 4 rings (SSSR count). The van der Waals surface area contributed by atoms with E-state index in [1.54, 1.807) is 4.72 Å². The smallest absolute Gasteiger partial charge is 0.418 e. The average molecular weight is 447 g/mol. The van der Waals surface area contributed by atoms with Gasteiger partial charge in [0, 0.05) is 30.4 Å². The molecule has 0 bridgehead atoms. The van der Waals surface area contributed by atoms with Crippen molar-refractivity contribution in [2.75, 3.05) is 0 Å². The molecule has 0 saturated heterocycles. The van der Waals surface area contributed by atoms with Crippen molar-refractivity contribution >= 4 is 27.5 Å². The maximum Gasteiger partial charge on any atom is 0.418 e. The summed E-state index contributed by atoms with van der Waals surface area (Å²) in [6, 6.07) is 7.53. The van der Waals surface area contributed by atoms with Gasteiger partial charge in [0.1, 0.15) is 11.5 Å². The number of rotatable bonds is 8. The summed E-state index contributed by atoms with van der Waals surface area (Å²) in [6.07, 6.45) is 5.98. The van der Waals surface area contributed by atoms with Crippen molar-refractivity contribution in [3.63, 3.8) is 0 Å². The first kappa shape index (κ1) is 20.5. The third-order valence-electron chi connectivity index (χ3n) is 4.84. The second-order valence-corrected chi connectivity index (χ2v) is 10.3. The molecule has 0 spiro atoms. The molecular weight excluding hydrogens is 424 g/mol. The molecule has 1 aliphatic rings. The fourth-order valence-electron chi connectivity index (χ4n) is 3.32. The molecule has 1 saturated carbocycles. The lowest BCUT2D eigenvalue weighted by Gasteiger charge is -2.08. The van der Waals surface area contributed by atoms with Crippen LogP contribution in [-0.2, 0) is 23.0 Å². The van der Waals surface area contributed by atoms with Gasteiger partial charge >= 0.3 is 6.09 Å². The second kappa shape index (κ2) is 8.19. The molecule has 2 aromatic heterocycles. The quantitative estimate of drug-likeness (QED) is 0.543. The van der Waals surface area contributed by atoms with Gasteiger partial charge in [-0.05, 0) is 31.2 Å². The van der Waals surface area contributed by atoms with Crippen LogP contribution in [0.25, 0.3) is 11.3 Å². The van der Waals surface area contributed by atoms with Gasteiger partial charge in [0.2, 0.25) is 0 Å². The molecule has 2 heterocycles. The van der Waals surface area contributed by atoms with Gasteiger partial charge in [0.15, 0.2) is 4.21 Å². The Morgan fingerprint density at radius 1 is 1.30 bits per heavy atom. The van der Waals surface area contributed by atoms with Gasteiger partial charge < -0.3 is 9.67 Å². The lowest BCUT2D eigenvalue weighted by atomic mass is 10.1. The van der Waals surface area contributed by atoms with Gasteiger partial charge in [-0.2, -0.15) is 0 Å². The number of nitrogens with zero attached hydrogens (tertiary/aromatic N) is 3. The Morgan fingerprint density at radius 3 is 2.67 bits per heavy atom. The second-order valence-electron chi connectivity index (χ2n) is 7.29. The number of aryl methyl sites for hydroxylation is 1. The van der Waals surface area contributed by atoms with Crippen LogP contribution in [0.5, 0.6) is 0 Å². The first-order valence-corrected chi connectivity index (χ1v) is 12.0. The van der Waals surface area contributed by atoms with E-state index in [0.29, 0.717) is 29.5 Å². The Labute approximate surface area is 178 Å². The number of carboxylic acid groups (broad SMARTS) is 1. The van der Waals surface area contributed by atoms with Gasteiger partial charge in [0.05, 0.1) is 5.01 Å². The van der Waals surface area contributed by atoms with Gasteiger partial charge in [-0.3, -0.25) is 0 Å². The van der Waals surface area contributed by atoms with Crippen molar-refractivity contribution in [1.29, 1.82) is 0 Å². The number of hydrogen-bond donors (Lipinski definition) is 2. The maximum absolute atomic E-state index is 12.5. The summed E-state index contributed by atoms with van der Waals surface area (Å²) in [6.45, 7) is 2.67. The predicted octanol–water partition coefficient (Wildman–Crippen LogP) is 3.84. The van der Waals surface area contributed by atoms with Crippen molar-refractivity contribution in [2.24, 2.45) is 0 Å². The monoisotopic (exact) mass is 446 g/mol. The number of imidazole rings is 1. The molecule has 2 N–H and O–H groups in total. The van der Waals surface area contributed by atoms with E-state index in [4.69, 9.17) is 5.11 Å². The summed E-state index contributed by atoms with van der Waals surface area (Å²) < 4.78 is 28.7. The highest BCUT2D eigenvalue weighted by Crippen LogP contribution is 2.39. The lowest BCUT2D eigenvalue weighted by Crippen LogP contribution is -2.28. The minimum absolute atomic E-state index is 0.0771. The summed E-state index contributed by atoms with van der Waals surface area (Å²) >= 11 is 1.01. The zero-order valence-corrected chi connectivity index (χ0v) is 18.0. The van der Waals surface area contributed by atoms with Crippen LogP contribution in [0.4, 0.5) is 4.79 Å². The van der Waals surface area contributed by atoms with Crippen LogP contribution in [0.15, 0.2) is 40.9 Å². The lowest BCUT2D eigenvalue weighted by molar-refractivity contribution is 0.201. The SMILES string of the molecule is CCCc1nc(-c2ccc(Cn3ccnc3C3CC3)cc2)c(S(=O)(=O)NC(=O)O)s1. The topological polar surface area (TPSA) is 114 Å². The molecule has 1 fully saturated rings. The molecular formula is C20H22N4O4S2.